The number of nitrogens with zero attached hydrogens (tertiary/aromatic N) is 4. The second kappa shape index (κ2) is 7.60. The number of nitrogens with one attached hydrogen (secondary N) is 1. The fourth-order valence-electron chi connectivity index (χ4n) is 3.34. The Hall–Kier alpha value is -1.18. The van der Waals surface area contributed by atoms with E-state index < -0.39 is 0 Å². The maximum Gasteiger partial charge on any atom is 0.212 e. The van der Waals surface area contributed by atoms with E-state index in [1.54, 1.807) is 11.3 Å². The molecule has 1 aromatic carbocycles. The van der Waals surface area contributed by atoms with Gasteiger partial charge in [-0.1, -0.05) is 35.1 Å². The lowest BCUT2D eigenvalue weighted by Gasteiger charge is -2.36. The van der Waals surface area contributed by atoms with E-state index in [-0.39, 0.29) is 12.4 Å². The molecule has 0 spiro atoms. The summed E-state index contributed by atoms with van der Waals surface area (Å²) in [6, 6.07) is 8.48. The third-order valence-corrected chi connectivity index (χ3v) is 5.60. The first-order valence-electron chi connectivity index (χ1n) is 8.13. The summed E-state index contributed by atoms with van der Waals surface area (Å²) < 4.78 is 2.01. The van der Waals surface area contributed by atoms with E-state index in [4.69, 9.17) is 11.6 Å². The third-order valence-electron chi connectivity index (χ3n) is 4.54. The SMILES string of the molecule is Cc1nn2c(CN3CCNCC3c3cccc(Cl)c3)c(C)nc2s1.Cl. The fraction of sp³-hybridized carbons (Fsp3) is 0.412. The van der Waals surface area contributed by atoms with Crippen molar-refractivity contribution in [2.75, 3.05) is 19.6 Å². The number of fused-ring (bicyclic) bond motifs is 1. The van der Waals surface area contributed by atoms with Crippen LogP contribution < -0.4 is 5.32 Å². The molecule has 3 heterocycles. The molecule has 0 bridgehead atoms. The van der Waals surface area contributed by atoms with Gasteiger partial charge in [0.25, 0.3) is 0 Å². The Morgan fingerprint density at radius 2 is 2.20 bits per heavy atom. The first-order chi connectivity index (χ1) is 11.6. The Morgan fingerprint density at radius 1 is 1.36 bits per heavy atom. The average molecular weight is 398 g/mol. The Balaban J connectivity index is 0.00000182. The molecule has 5 nitrogen and oxygen atoms in total. The second-order valence-electron chi connectivity index (χ2n) is 6.20. The molecule has 0 radical (unpaired) electrons. The maximum atomic E-state index is 6.20. The molecule has 0 amide bonds. The lowest BCUT2D eigenvalue weighted by molar-refractivity contribution is 0.151. The second-order valence-corrected chi connectivity index (χ2v) is 7.80. The van der Waals surface area contributed by atoms with Crippen molar-refractivity contribution < 1.29 is 0 Å². The molecule has 134 valence electrons. The third kappa shape index (κ3) is 3.68. The summed E-state index contributed by atoms with van der Waals surface area (Å²) in [5.74, 6) is 0. The molecule has 2 aromatic heterocycles. The van der Waals surface area contributed by atoms with E-state index in [9.17, 15) is 0 Å². The molecule has 8 heteroatoms. The van der Waals surface area contributed by atoms with Crippen LogP contribution in [0, 0.1) is 13.8 Å². The number of halogens is 2. The number of piperazine rings is 1. The Morgan fingerprint density at radius 3 is 3.00 bits per heavy atom. The van der Waals surface area contributed by atoms with Crippen LogP contribution in [0.15, 0.2) is 24.3 Å². The van der Waals surface area contributed by atoms with Gasteiger partial charge >= 0.3 is 0 Å². The molecule has 1 atom stereocenters. The normalized spacial score (nSPS) is 18.4. The molecule has 25 heavy (non-hydrogen) atoms. The number of hydrogen-bond acceptors (Lipinski definition) is 5. The Bertz CT molecular complexity index is 875. The van der Waals surface area contributed by atoms with Gasteiger partial charge in [-0.05, 0) is 31.5 Å². The molecule has 0 aliphatic carbocycles. The van der Waals surface area contributed by atoms with Crippen LogP contribution in [-0.2, 0) is 6.54 Å². The zero-order chi connectivity index (χ0) is 16.7. The highest BCUT2D eigenvalue weighted by Crippen LogP contribution is 2.27. The Labute approximate surface area is 162 Å². The van der Waals surface area contributed by atoms with E-state index in [1.165, 1.54) is 11.3 Å². The van der Waals surface area contributed by atoms with Crippen molar-refractivity contribution in [3.63, 3.8) is 0 Å². The first kappa shape index (κ1) is 18.6. The predicted octanol–water partition coefficient (Wildman–Crippen LogP) is 3.63. The van der Waals surface area contributed by atoms with Crippen LogP contribution >= 0.6 is 35.3 Å². The summed E-state index contributed by atoms with van der Waals surface area (Å²) in [4.78, 5) is 8.14. The van der Waals surface area contributed by atoms with Crippen LogP contribution in [0.3, 0.4) is 0 Å². The summed E-state index contributed by atoms with van der Waals surface area (Å²) in [7, 11) is 0. The topological polar surface area (TPSA) is 45.5 Å². The molecule has 0 saturated carbocycles. The minimum atomic E-state index is 0. The number of imidazole rings is 1. The lowest BCUT2D eigenvalue weighted by atomic mass is 10.0. The molecular weight excluding hydrogens is 377 g/mol. The summed E-state index contributed by atoms with van der Waals surface area (Å²) in [6.45, 7) is 7.86. The zero-order valence-corrected chi connectivity index (χ0v) is 16.6. The number of aromatic nitrogens is 3. The van der Waals surface area contributed by atoms with E-state index >= 15 is 0 Å². The smallest absolute Gasteiger partial charge is 0.212 e. The van der Waals surface area contributed by atoms with E-state index in [1.807, 2.05) is 23.6 Å². The fourth-order valence-corrected chi connectivity index (χ4v) is 4.34. The zero-order valence-electron chi connectivity index (χ0n) is 14.2. The van der Waals surface area contributed by atoms with Gasteiger partial charge < -0.3 is 5.32 Å². The highest BCUT2D eigenvalue weighted by Gasteiger charge is 2.26. The quantitative estimate of drug-likeness (QED) is 0.732. The standard InChI is InChI=1S/C17H20ClN5S.ClH/c1-11-16(23-17(20-11)24-12(2)21-23)10-22-7-6-19-9-15(22)13-4-3-5-14(18)8-13;/h3-5,8,15,19H,6-7,9-10H2,1-2H3;1H. The van der Waals surface area contributed by atoms with Gasteiger partial charge in [0.15, 0.2) is 0 Å². The van der Waals surface area contributed by atoms with Gasteiger partial charge in [0.1, 0.15) is 5.01 Å². The monoisotopic (exact) mass is 397 g/mol. The van der Waals surface area contributed by atoms with Crippen molar-refractivity contribution in [1.29, 1.82) is 0 Å². The maximum absolute atomic E-state index is 6.20. The van der Waals surface area contributed by atoms with Gasteiger partial charge in [-0.3, -0.25) is 4.90 Å². The Kier molecular flexibility index (Phi) is 5.65. The van der Waals surface area contributed by atoms with Crippen molar-refractivity contribution in [3.8, 4) is 0 Å². The van der Waals surface area contributed by atoms with Crippen LogP contribution in [0.25, 0.3) is 4.96 Å². The first-order valence-corrected chi connectivity index (χ1v) is 9.33. The molecule has 1 fully saturated rings. The summed E-state index contributed by atoms with van der Waals surface area (Å²) in [5, 5.41) is 9.95. The molecule has 1 unspecified atom stereocenters. The van der Waals surface area contributed by atoms with E-state index in [0.29, 0.717) is 6.04 Å². The molecule has 1 N–H and O–H groups in total. The molecular formula is C17H21Cl2N5S. The van der Waals surface area contributed by atoms with Gasteiger partial charge in [0.2, 0.25) is 4.96 Å². The van der Waals surface area contributed by atoms with E-state index in [2.05, 4.69) is 39.4 Å². The highest BCUT2D eigenvalue weighted by atomic mass is 35.5. The number of rotatable bonds is 3. The minimum Gasteiger partial charge on any atom is -0.314 e. The van der Waals surface area contributed by atoms with Crippen LogP contribution in [-0.4, -0.2) is 39.1 Å². The summed E-state index contributed by atoms with van der Waals surface area (Å²) >= 11 is 7.84. The molecule has 1 aliphatic heterocycles. The minimum absolute atomic E-state index is 0. The van der Waals surface area contributed by atoms with Crippen molar-refractivity contribution in [1.82, 2.24) is 24.8 Å². The largest absolute Gasteiger partial charge is 0.314 e. The van der Waals surface area contributed by atoms with E-state index in [0.717, 1.165) is 46.9 Å². The van der Waals surface area contributed by atoms with Crippen LogP contribution in [0.5, 0.6) is 0 Å². The van der Waals surface area contributed by atoms with Crippen molar-refractivity contribution >= 4 is 40.3 Å². The number of hydrogen-bond donors (Lipinski definition) is 1. The summed E-state index contributed by atoms with van der Waals surface area (Å²) in [5.41, 5.74) is 3.50. The van der Waals surface area contributed by atoms with Crippen LogP contribution in [0.4, 0.5) is 0 Å². The van der Waals surface area contributed by atoms with Gasteiger partial charge in [-0.25, -0.2) is 9.50 Å². The van der Waals surface area contributed by atoms with Crippen molar-refractivity contribution in [2.45, 2.75) is 26.4 Å². The van der Waals surface area contributed by atoms with Gasteiger partial charge in [0.05, 0.1) is 11.4 Å². The molecule has 4 rings (SSSR count). The van der Waals surface area contributed by atoms with Crippen molar-refractivity contribution in [2.24, 2.45) is 0 Å². The molecule has 1 saturated heterocycles. The number of benzene rings is 1. The number of aryl methyl sites for hydroxylation is 2. The highest BCUT2D eigenvalue weighted by molar-refractivity contribution is 7.16. The average Bonchev–Trinajstić information content (AvgIpc) is 3.05. The van der Waals surface area contributed by atoms with Crippen molar-refractivity contribution in [3.05, 3.63) is 51.2 Å². The van der Waals surface area contributed by atoms with Crippen LogP contribution in [0.2, 0.25) is 5.02 Å². The van der Waals surface area contributed by atoms with Gasteiger partial charge in [-0.15, -0.1) is 12.4 Å². The summed E-state index contributed by atoms with van der Waals surface area (Å²) in [6.07, 6.45) is 0. The molecule has 1 aliphatic rings. The van der Waals surface area contributed by atoms with Gasteiger partial charge in [0, 0.05) is 37.2 Å². The predicted molar refractivity (Wildman–Crippen MR) is 105 cm³/mol. The van der Waals surface area contributed by atoms with Crippen LogP contribution in [0.1, 0.15) is 28.0 Å². The van der Waals surface area contributed by atoms with Gasteiger partial charge in [-0.2, -0.15) is 5.10 Å². The lowest BCUT2D eigenvalue weighted by Crippen LogP contribution is -2.45. The molecule has 3 aromatic rings.